The number of nitrogens with zero attached hydrogens (tertiary/aromatic N) is 4. The molecule has 0 saturated heterocycles. The molecule has 0 aliphatic carbocycles. The van der Waals surface area contributed by atoms with Crippen molar-refractivity contribution in [1.29, 1.82) is 0 Å². The minimum atomic E-state index is 0.547. The van der Waals surface area contributed by atoms with Crippen LogP contribution in [0.2, 0.25) is 0 Å². The first-order chi connectivity index (χ1) is 26.2. The van der Waals surface area contributed by atoms with Gasteiger partial charge in [0.05, 0.1) is 0 Å². The van der Waals surface area contributed by atoms with Gasteiger partial charge in [-0.1, -0.05) is 115 Å². The Labute approximate surface area is 301 Å². The Kier molecular flexibility index (Phi) is 6.42. The van der Waals surface area contributed by atoms with Crippen molar-refractivity contribution in [2.45, 2.75) is 0 Å². The molecule has 11 aromatic rings. The van der Waals surface area contributed by atoms with E-state index in [2.05, 4.69) is 54.6 Å². The fourth-order valence-electron chi connectivity index (χ4n) is 7.26. The molecule has 4 aromatic heterocycles. The van der Waals surface area contributed by atoms with Crippen LogP contribution in [0.5, 0.6) is 0 Å². The van der Waals surface area contributed by atoms with E-state index in [4.69, 9.17) is 33.2 Å². The van der Waals surface area contributed by atoms with Gasteiger partial charge >= 0.3 is 0 Å². The van der Waals surface area contributed by atoms with Crippen LogP contribution in [-0.2, 0) is 0 Å². The van der Waals surface area contributed by atoms with E-state index < -0.39 is 0 Å². The number of rotatable bonds is 5. The number of hydrogen-bond donors (Lipinski definition) is 0. The third-order valence-electron chi connectivity index (χ3n) is 9.80. The third-order valence-corrected chi connectivity index (χ3v) is 9.80. The zero-order valence-corrected chi connectivity index (χ0v) is 28.0. The molecule has 0 bridgehead atoms. The highest BCUT2D eigenvalue weighted by Crippen LogP contribution is 2.40. The number of fused-ring (bicyclic) bond motifs is 7. The maximum absolute atomic E-state index is 6.37. The molecule has 0 radical (unpaired) electrons. The quantitative estimate of drug-likeness (QED) is 0.178. The highest BCUT2D eigenvalue weighted by atomic mass is 16.3. The van der Waals surface area contributed by atoms with Gasteiger partial charge in [-0.25, -0.2) is 19.9 Å². The number of oxazole rings is 1. The Morgan fingerprint density at radius 1 is 0.340 bits per heavy atom. The smallest absolute Gasteiger partial charge is 0.227 e. The molecule has 0 N–H and O–H groups in total. The predicted molar refractivity (Wildman–Crippen MR) is 209 cm³/mol. The molecule has 0 atom stereocenters. The second kappa shape index (κ2) is 11.6. The normalized spacial score (nSPS) is 11.8. The second-order valence-corrected chi connectivity index (χ2v) is 13.0. The van der Waals surface area contributed by atoms with Crippen LogP contribution in [0.25, 0.3) is 112 Å². The summed E-state index contributed by atoms with van der Waals surface area (Å²) >= 11 is 0. The van der Waals surface area contributed by atoms with Crippen molar-refractivity contribution in [2.75, 3.05) is 0 Å². The molecule has 0 fully saturated rings. The highest BCUT2D eigenvalue weighted by Gasteiger charge is 2.20. The first-order valence-corrected chi connectivity index (χ1v) is 17.4. The molecule has 7 heteroatoms. The Bertz CT molecular complexity index is 3140. The molecule has 248 valence electrons. The van der Waals surface area contributed by atoms with E-state index in [0.29, 0.717) is 23.4 Å². The molecule has 7 aromatic carbocycles. The van der Waals surface area contributed by atoms with E-state index in [0.717, 1.165) is 88.4 Å². The maximum Gasteiger partial charge on any atom is 0.227 e. The Balaban J connectivity index is 1.06. The Morgan fingerprint density at radius 2 is 0.962 bits per heavy atom. The predicted octanol–water partition coefficient (Wildman–Crippen LogP) is 12.1. The van der Waals surface area contributed by atoms with Crippen LogP contribution in [0.4, 0.5) is 0 Å². The average Bonchev–Trinajstić information content (AvgIpc) is 3.94. The lowest BCUT2D eigenvalue weighted by atomic mass is 10.0. The van der Waals surface area contributed by atoms with E-state index >= 15 is 0 Å². The molecule has 0 unspecified atom stereocenters. The average molecular weight is 683 g/mol. The van der Waals surface area contributed by atoms with Crippen LogP contribution < -0.4 is 0 Å². The van der Waals surface area contributed by atoms with Gasteiger partial charge in [-0.15, -0.1) is 0 Å². The first kappa shape index (κ1) is 29.4. The van der Waals surface area contributed by atoms with Crippen molar-refractivity contribution in [3.8, 4) is 56.7 Å². The van der Waals surface area contributed by atoms with Crippen molar-refractivity contribution in [3.63, 3.8) is 0 Å². The standard InChI is InChI=1S/C46H26N4O3/c1-2-10-28(11-3-1)43-48-44(29-22-20-27(21-23-29)31-13-8-14-33-32-12-4-6-17-37(32)52-42(31)33)50-45(49-43)34-15-9-19-40-41(34)35-26-30(24-25-38(35)51-40)46-47-36-16-5-7-18-39(36)53-46/h1-26H. The van der Waals surface area contributed by atoms with E-state index in [9.17, 15) is 0 Å². The summed E-state index contributed by atoms with van der Waals surface area (Å²) in [5.41, 5.74) is 10.3. The van der Waals surface area contributed by atoms with Gasteiger partial charge in [-0.3, -0.25) is 0 Å². The molecule has 0 aliphatic heterocycles. The summed E-state index contributed by atoms with van der Waals surface area (Å²) < 4.78 is 18.8. The summed E-state index contributed by atoms with van der Waals surface area (Å²) in [6.45, 7) is 0. The molecular formula is C46H26N4O3. The van der Waals surface area contributed by atoms with Gasteiger partial charge in [0.25, 0.3) is 0 Å². The van der Waals surface area contributed by atoms with Gasteiger partial charge in [-0.2, -0.15) is 0 Å². The fourth-order valence-corrected chi connectivity index (χ4v) is 7.26. The van der Waals surface area contributed by atoms with Crippen molar-refractivity contribution in [3.05, 3.63) is 158 Å². The molecule has 0 saturated carbocycles. The molecule has 53 heavy (non-hydrogen) atoms. The van der Waals surface area contributed by atoms with Crippen LogP contribution in [0.1, 0.15) is 0 Å². The summed E-state index contributed by atoms with van der Waals surface area (Å²) in [6, 6.07) is 52.5. The lowest BCUT2D eigenvalue weighted by Gasteiger charge is -2.10. The van der Waals surface area contributed by atoms with E-state index in [1.165, 1.54) is 0 Å². The second-order valence-electron chi connectivity index (χ2n) is 13.0. The van der Waals surface area contributed by atoms with Crippen molar-refractivity contribution in [2.24, 2.45) is 0 Å². The number of furan rings is 2. The van der Waals surface area contributed by atoms with Gasteiger partial charge in [0.2, 0.25) is 5.89 Å². The zero-order valence-electron chi connectivity index (χ0n) is 28.0. The summed E-state index contributed by atoms with van der Waals surface area (Å²) in [5, 5.41) is 4.03. The summed E-state index contributed by atoms with van der Waals surface area (Å²) in [7, 11) is 0. The molecule has 0 aliphatic rings. The maximum atomic E-state index is 6.37. The van der Waals surface area contributed by atoms with E-state index in [-0.39, 0.29) is 0 Å². The van der Waals surface area contributed by atoms with Crippen molar-refractivity contribution in [1.82, 2.24) is 19.9 Å². The largest absolute Gasteiger partial charge is 0.456 e. The highest BCUT2D eigenvalue weighted by molar-refractivity contribution is 6.13. The topological polar surface area (TPSA) is 91.0 Å². The molecule has 0 amide bonds. The number of hydrogen-bond acceptors (Lipinski definition) is 7. The van der Waals surface area contributed by atoms with Crippen LogP contribution >= 0.6 is 0 Å². The molecule has 11 rings (SSSR count). The SMILES string of the molecule is c1ccc(-c2nc(-c3ccc(-c4cccc5c4oc4ccccc45)cc3)nc(-c3cccc4oc5ccc(-c6nc7ccccc7o6)cc5c34)n2)cc1. The van der Waals surface area contributed by atoms with Gasteiger partial charge in [0, 0.05) is 49.4 Å². The molecule has 0 spiro atoms. The van der Waals surface area contributed by atoms with Crippen LogP contribution in [0.15, 0.2) is 171 Å². The number of aromatic nitrogens is 4. The summed E-state index contributed by atoms with van der Waals surface area (Å²) in [4.78, 5) is 19.9. The number of para-hydroxylation sites is 4. The van der Waals surface area contributed by atoms with Crippen LogP contribution in [0, 0.1) is 0 Å². The Morgan fingerprint density at radius 3 is 1.81 bits per heavy atom. The monoisotopic (exact) mass is 682 g/mol. The van der Waals surface area contributed by atoms with Crippen molar-refractivity contribution >= 4 is 55.0 Å². The Hall–Kier alpha value is -7.38. The third kappa shape index (κ3) is 4.82. The first-order valence-electron chi connectivity index (χ1n) is 17.4. The molecule has 4 heterocycles. The number of benzene rings is 7. The summed E-state index contributed by atoms with van der Waals surface area (Å²) in [5.74, 6) is 2.25. The van der Waals surface area contributed by atoms with Gasteiger partial charge < -0.3 is 13.3 Å². The zero-order chi connectivity index (χ0) is 34.9. The van der Waals surface area contributed by atoms with Gasteiger partial charge in [-0.05, 0) is 48.0 Å². The fraction of sp³-hybridized carbons (Fsp3) is 0. The van der Waals surface area contributed by atoms with Crippen LogP contribution in [-0.4, -0.2) is 19.9 Å². The van der Waals surface area contributed by atoms with Gasteiger partial charge in [0.15, 0.2) is 23.1 Å². The minimum absolute atomic E-state index is 0.547. The van der Waals surface area contributed by atoms with E-state index in [1.54, 1.807) is 0 Å². The lowest BCUT2D eigenvalue weighted by molar-refractivity contribution is 0.620. The lowest BCUT2D eigenvalue weighted by Crippen LogP contribution is -2.00. The van der Waals surface area contributed by atoms with Crippen LogP contribution in [0.3, 0.4) is 0 Å². The minimum Gasteiger partial charge on any atom is -0.456 e. The van der Waals surface area contributed by atoms with Gasteiger partial charge in [0.1, 0.15) is 27.8 Å². The molecular weight excluding hydrogens is 657 g/mol. The van der Waals surface area contributed by atoms with E-state index in [1.807, 2.05) is 103 Å². The van der Waals surface area contributed by atoms with Crippen molar-refractivity contribution < 1.29 is 13.3 Å². The summed E-state index contributed by atoms with van der Waals surface area (Å²) in [6.07, 6.45) is 0. The molecule has 7 nitrogen and oxygen atoms in total.